The summed E-state index contributed by atoms with van der Waals surface area (Å²) in [6, 6.07) is 4.03. The van der Waals surface area contributed by atoms with Gasteiger partial charge in [0.25, 0.3) is 0 Å². The van der Waals surface area contributed by atoms with Crippen molar-refractivity contribution in [3.05, 3.63) is 29.8 Å². The van der Waals surface area contributed by atoms with Crippen LogP contribution in [0.1, 0.15) is 27.2 Å². The molecule has 0 aromatic heterocycles. The first-order valence-corrected chi connectivity index (χ1v) is 7.53. The molecule has 1 aliphatic heterocycles. The SMILES string of the molecule is CC(C)(C)NC(N)=NCC1CCN(c2ccc(F)c(F)c2)C1.I. The summed E-state index contributed by atoms with van der Waals surface area (Å²) in [6.45, 7) is 8.30. The Balaban J connectivity index is 0.00000264. The summed E-state index contributed by atoms with van der Waals surface area (Å²) >= 11 is 0. The lowest BCUT2D eigenvalue weighted by Gasteiger charge is -2.21. The van der Waals surface area contributed by atoms with Crippen LogP contribution in [0.3, 0.4) is 0 Å². The molecule has 2 rings (SSSR count). The van der Waals surface area contributed by atoms with Crippen molar-refractivity contribution in [1.82, 2.24) is 5.32 Å². The van der Waals surface area contributed by atoms with Crippen LogP contribution in [0.25, 0.3) is 0 Å². The van der Waals surface area contributed by atoms with Gasteiger partial charge in [-0.15, -0.1) is 24.0 Å². The summed E-state index contributed by atoms with van der Waals surface area (Å²) < 4.78 is 26.3. The van der Waals surface area contributed by atoms with Crippen molar-refractivity contribution in [3.63, 3.8) is 0 Å². The molecule has 130 valence electrons. The van der Waals surface area contributed by atoms with Crippen LogP contribution in [0.15, 0.2) is 23.2 Å². The summed E-state index contributed by atoms with van der Waals surface area (Å²) in [7, 11) is 0. The van der Waals surface area contributed by atoms with Crippen molar-refractivity contribution in [2.45, 2.75) is 32.7 Å². The number of guanidine groups is 1. The third kappa shape index (κ3) is 6.12. The Labute approximate surface area is 153 Å². The highest BCUT2D eigenvalue weighted by Crippen LogP contribution is 2.25. The summed E-state index contributed by atoms with van der Waals surface area (Å²) in [4.78, 5) is 6.43. The first kappa shape index (κ1) is 19.9. The Kier molecular flexibility index (Phi) is 7.03. The zero-order valence-corrected chi connectivity index (χ0v) is 16.1. The number of nitrogens with one attached hydrogen (secondary N) is 1. The molecule has 7 heteroatoms. The number of anilines is 1. The van der Waals surface area contributed by atoms with Gasteiger partial charge >= 0.3 is 0 Å². The first-order chi connectivity index (χ1) is 10.2. The second-order valence-electron chi connectivity index (χ2n) is 6.80. The van der Waals surface area contributed by atoms with E-state index in [-0.39, 0.29) is 29.5 Å². The molecule has 1 atom stereocenters. The van der Waals surface area contributed by atoms with Crippen molar-refractivity contribution in [2.24, 2.45) is 16.6 Å². The number of hydrogen-bond donors (Lipinski definition) is 2. The average Bonchev–Trinajstić information content (AvgIpc) is 2.86. The highest BCUT2D eigenvalue weighted by molar-refractivity contribution is 14.0. The molecule has 1 aromatic carbocycles. The summed E-state index contributed by atoms with van der Waals surface area (Å²) in [5.74, 6) is -0.810. The fraction of sp³-hybridized carbons (Fsp3) is 0.562. The standard InChI is InChI=1S/C16H24F2N4.HI/c1-16(2,3)21-15(19)20-9-11-6-7-22(10-11)12-4-5-13(17)14(18)8-12;/h4-5,8,11H,6-7,9-10H2,1-3H3,(H3,19,20,21);1H. The van der Waals surface area contributed by atoms with Crippen LogP contribution in [-0.4, -0.2) is 31.1 Å². The Bertz CT molecular complexity index is 558. The largest absolute Gasteiger partial charge is 0.371 e. The van der Waals surface area contributed by atoms with E-state index in [4.69, 9.17) is 5.73 Å². The van der Waals surface area contributed by atoms with E-state index in [0.717, 1.165) is 19.5 Å². The highest BCUT2D eigenvalue weighted by Gasteiger charge is 2.23. The molecule has 1 heterocycles. The first-order valence-electron chi connectivity index (χ1n) is 7.53. The second kappa shape index (κ2) is 8.12. The van der Waals surface area contributed by atoms with Gasteiger partial charge in [0.15, 0.2) is 17.6 Å². The molecule has 3 N–H and O–H groups in total. The molecule has 0 radical (unpaired) electrons. The van der Waals surface area contributed by atoms with Crippen LogP contribution in [0.2, 0.25) is 0 Å². The van der Waals surface area contributed by atoms with E-state index in [9.17, 15) is 8.78 Å². The van der Waals surface area contributed by atoms with Crippen LogP contribution < -0.4 is 16.0 Å². The lowest BCUT2D eigenvalue weighted by atomic mass is 10.1. The van der Waals surface area contributed by atoms with Gasteiger partial charge < -0.3 is 16.0 Å². The zero-order valence-electron chi connectivity index (χ0n) is 13.8. The van der Waals surface area contributed by atoms with Crippen LogP contribution >= 0.6 is 24.0 Å². The quantitative estimate of drug-likeness (QED) is 0.433. The molecule has 0 bridgehead atoms. The van der Waals surface area contributed by atoms with E-state index in [1.807, 2.05) is 20.8 Å². The predicted octanol–water partition coefficient (Wildman–Crippen LogP) is 3.11. The molecule has 0 amide bonds. The lowest BCUT2D eigenvalue weighted by Crippen LogP contribution is -2.45. The van der Waals surface area contributed by atoms with E-state index in [1.165, 1.54) is 12.1 Å². The minimum atomic E-state index is -0.815. The number of hydrogen-bond acceptors (Lipinski definition) is 2. The maximum absolute atomic E-state index is 13.3. The molecule has 23 heavy (non-hydrogen) atoms. The molecular formula is C16H25F2IN4. The number of nitrogens with two attached hydrogens (primary N) is 1. The molecule has 1 unspecified atom stereocenters. The molecule has 0 spiro atoms. The number of nitrogens with zero attached hydrogens (tertiary/aromatic N) is 2. The zero-order chi connectivity index (χ0) is 16.3. The minimum absolute atomic E-state index is 0. The fourth-order valence-electron chi connectivity index (χ4n) is 2.55. The number of rotatable bonds is 3. The van der Waals surface area contributed by atoms with Crippen molar-refractivity contribution in [2.75, 3.05) is 24.5 Å². The maximum Gasteiger partial charge on any atom is 0.188 e. The predicted molar refractivity (Wildman–Crippen MR) is 101 cm³/mol. The molecular weight excluding hydrogens is 413 g/mol. The van der Waals surface area contributed by atoms with Crippen molar-refractivity contribution >= 4 is 35.6 Å². The summed E-state index contributed by atoms with van der Waals surface area (Å²) in [5, 5.41) is 3.12. The number of aliphatic imine (C=N–C) groups is 1. The Morgan fingerprint density at radius 1 is 1.35 bits per heavy atom. The molecule has 1 fully saturated rings. The minimum Gasteiger partial charge on any atom is -0.371 e. The number of halogens is 3. The number of benzene rings is 1. The van der Waals surface area contributed by atoms with Gasteiger partial charge in [-0.25, -0.2) is 8.78 Å². The summed E-state index contributed by atoms with van der Waals surface area (Å²) in [6.07, 6.45) is 0.964. The Hall–Kier alpha value is -1.12. The maximum atomic E-state index is 13.3. The van der Waals surface area contributed by atoms with E-state index in [2.05, 4.69) is 15.2 Å². The van der Waals surface area contributed by atoms with E-state index in [1.54, 1.807) is 6.07 Å². The van der Waals surface area contributed by atoms with Gasteiger partial charge in [0.1, 0.15) is 0 Å². The van der Waals surface area contributed by atoms with Crippen molar-refractivity contribution in [1.29, 1.82) is 0 Å². The fourth-order valence-corrected chi connectivity index (χ4v) is 2.55. The molecule has 4 nitrogen and oxygen atoms in total. The molecule has 0 saturated carbocycles. The van der Waals surface area contributed by atoms with Crippen LogP contribution in [0, 0.1) is 17.6 Å². The molecule has 1 aromatic rings. The van der Waals surface area contributed by atoms with E-state index >= 15 is 0 Å². The molecule has 1 saturated heterocycles. The highest BCUT2D eigenvalue weighted by atomic mass is 127. The normalized spacial score (nSPS) is 18.7. The van der Waals surface area contributed by atoms with Gasteiger partial charge in [-0.3, -0.25) is 4.99 Å². The third-order valence-electron chi connectivity index (χ3n) is 3.58. The topological polar surface area (TPSA) is 53.6 Å². The molecule has 0 aliphatic carbocycles. The van der Waals surface area contributed by atoms with Gasteiger partial charge in [0.2, 0.25) is 0 Å². The van der Waals surface area contributed by atoms with Gasteiger partial charge in [-0.05, 0) is 45.2 Å². The summed E-state index contributed by atoms with van der Waals surface area (Å²) in [5.41, 5.74) is 6.46. The van der Waals surface area contributed by atoms with Gasteiger partial charge in [0, 0.05) is 36.9 Å². The Morgan fingerprint density at radius 3 is 2.65 bits per heavy atom. The van der Waals surface area contributed by atoms with Crippen molar-refractivity contribution in [3.8, 4) is 0 Å². The van der Waals surface area contributed by atoms with Gasteiger partial charge in [-0.2, -0.15) is 0 Å². The monoisotopic (exact) mass is 438 g/mol. The Morgan fingerprint density at radius 2 is 2.04 bits per heavy atom. The third-order valence-corrected chi connectivity index (χ3v) is 3.58. The van der Waals surface area contributed by atoms with Crippen LogP contribution in [0.5, 0.6) is 0 Å². The van der Waals surface area contributed by atoms with E-state index < -0.39 is 11.6 Å². The van der Waals surface area contributed by atoms with E-state index in [0.29, 0.717) is 24.1 Å². The lowest BCUT2D eigenvalue weighted by molar-refractivity contribution is 0.505. The van der Waals surface area contributed by atoms with Crippen LogP contribution in [0.4, 0.5) is 14.5 Å². The smallest absolute Gasteiger partial charge is 0.188 e. The van der Waals surface area contributed by atoms with Gasteiger partial charge in [0.05, 0.1) is 0 Å². The average molecular weight is 438 g/mol. The second-order valence-corrected chi connectivity index (χ2v) is 6.80. The van der Waals surface area contributed by atoms with Crippen LogP contribution in [-0.2, 0) is 0 Å². The molecule has 1 aliphatic rings. The van der Waals surface area contributed by atoms with Gasteiger partial charge in [-0.1, -0.05) is 0 Å². The van der Waals surface area contributed by atoms with Crippen molar-refractivity contribution < 1.29 is 8.78 Å².